The van der Waals surface area contributed by atoms with Gasteiger partial charge in [-0.2, -0.15) is 0 Å². The van der Waals surface area contributed by atoms with Crippen molar-refractivity contribution in [2.75, 3.05) is 25.6 Å². The quantitative estimate of drug-likeness (QED) is 0.408. The van der Waals surface area contributed by atoms with E-state index in [0.29, 0.717) is 36.3 Å². The molecule has 8 heteroatoms. The van der Waals surface area contributed by atoms with Crippen molar-refractivity contribution in [2.24, 2.45) is 0 Å². The summed E-state index contributed by atoms with van der Waals surface area (Å²) in [6.07, 6.45) is 3.38. The minimum absolute atomic E-state index is 0.0226. The number of halogens is 2. The second kappa shape index (κ2) is 9.02. The first-order valence-corrected chi connectivity index (χ1v) is 9.58. The maximum absolute atomic E-state index is 13.6. The second-order valence-electron chi connectivity index (χ2n) is 6.41. The zero-order valence-corrected chi connectivity index (χ0v) is 16.9. The van der Waals surface area contributed by atoms with Gasteiger partial charge in [-0.15, -0.1) is 0 Å². The van der Waals surface area contributed by atoms with Crippen LogP contribution in [-0.2, 0) is 4.74 Å². The third kappa shape index (κ3) is 4.48. The number of aromatic nitrogens is 3. The summed E-state index contributed by atoms with van der Waals surface area (Å²) in [5.74, 6) is 1.23. The van der Waals surface area contributed by atoms with Crippen LogP contribution in [0.1, 0.15) is 0 Å². The van der Waals surface area contributed by atoms with Gasteiger partial charge in [-0.05, 0) is 48.5 Å². The predicted molar refractivity (Wildman–Crippen MR) is 115 cm³/mol. The van der Waals surface area contributed by atoms with E-state index in [9.17, 15) is 4.39 Å². The van der Waals surface area contributed by atoms with Crippen molar-refractivity contribution in [3.63, 3.8) is 0 Å². The summed E-state index contributed by atoms with van der Waals surface area (Å²) in [7, 11) is 1.62. The Hall–Kier alpha value is -3.29. The lowest BCUT2D eigenvalue weighted by Gasteiger charge is -2.13. The highest BCUT2D eigenvalue weighted by molar-refractivity contribution is 6.31. The van der Waals surface area contributed by atoms with Crippen molar-refractivity contribution in [3.05, 3.63) is 71.8 Å². The first-order valence-electron chi connectivity index (χ1n) is 9.20. The van der Waals surface area contributed by atoms with Gasteiger partial charge < -0.3 is 14.8 Å². The summed E-state index contributed by atoms with van der Waals surface area (Å²) in [5.41, 5.74) is 2.10. The van der Waals surface area contributed by atoms with Crippen LogP contribution in [0, 0.1) is 5.82 Å². The number of hydrogen-bond acceptors (Lipinski definition) is 6. The molecule has 1 N–H and O–H groups in total. The highest BCUT2D eigenvalue weighted by atomic mass is 35.5. The predicted octanol–water partition coefficient (Wildman–Crippen LogP) is 5.25. The van der Waals surface area contributed by atoms with E-state index < -0.39 is 5.82 Å². The zero-order chi connectivity index (χ0) is 20.9. The van der Waals surface area contributed by atoms with Crippen molar-refractivity contribution < 1.29 is 13.9 Å². The molecule has 152 valence electrons. The van der Waals surface area contributed by atoms with Gasteiger partial charge in [0.25, 0.3) is 0 Å². The lowest BCUT2D eigenvalue weighted by atomic mass is 10.2. The van der Waals surface area contributed by atoms with E-state index in [1.165, 1.54) is 12.1 Å². The van der Waals surface area contributed by atoms with Gasteiger partial charge in [0, 0.05) is 36.1 Å². The van der Waals surface area contributed by atoms with Crippen LogP contribution in [0.3, 0.4) is 0 Å². The summed E-state index contributed by atoms with van der Waals surface area (Å²) in [5, 5.41) is 3.99. The van der Waals surface area contributed by atoms with Crippen LogP contribution in [0.2, 0.25) is 5.02 Å². The van der Waals surface area contributed by atoms with E-state index in [-0.39, 0.29) is 5.02 Å². The molecule has 0 amide bonds. The molecule has 6 nitrogen and oxygen atoms in total. The molecule has 0 saturated carbocycles. The average molecular weight is 425 g/mol. The number of pyridine rings is 1. The van der Waals surface area contributed by atoms with E-state index >= 15 is 0 Å². The molecule has 0 bridgehead atoms. The number of ether oxygens (including phenoxy) is 2. The molecule has 0 fully saturated rings. The molecule has 0 saturated heterocycles. The molecular weight excluding hydrogens is 407 g/mol. The monoisotopic (exact) mass is 424 g/mol. The van der Waals surface area contributed by atoms with Crippen LogP contribution in [0.4, 0.5) is 15.9 Å². The normalized spacial score (nSPS) is 10.9. The fraction of sp³-hybridized carbons (Fsp3) is 0.136. The van der Waals surface area contributed by atoms with Gasteiger partial charge in [0.15, 0.2) is 5.82 Å². The van der Waals surface area contributed by atoms with Gasteiger partial charge in [-0.25, -0.2) is 14.4 Å². The number of fused-ring (bicyclic) bond motifs is 1. The molecule has 30 heavy (non-hydrogen) atoms. The molecule has 2 heterocycles. The van der Waals surface area contributed by atoms with E-state index in [1.807, 2.05) is 30.3 Å². The Kier molecular flexibility index (Phi) is 6.02. The lowest BCUT2D eigenvalue weighted by molar-refractivity contribution is 0.146. The fourth-order valence-corrected chi connectivity index (χ4v) is 3.05. The first kappa shape index (κ1) is 20.0. The number of hydrogen-bond donors (Lipinski definition) is 1. The number of anilines is 2. The van der Waals surface area contributed by atoms with Crippen LogP contribution >= 0.6 is 11.6 Å². The Morgan fingerprint density at radius 2 is 1.97 bits per heavy atom. The number of methoxy groups -OCH3 is 1. The maximum Gasteiger partial charge on any atom is 0.163 e. The van der Waals surface area contributed by atoms with Gasteiger partial charge in [-0.3, -0.25) is 4.98 Å². The molecule has 2 aromatic carbocycles. The van der Waals surface area contributed by atoms with Crippen molar-refractivity contribution in [2.45, 2.75) is 0 Å². The Labute approximate surface area is 177 Å². The second-order valence-corrected chi connectivity index (χ2v) is 6.82. The standard InChI is InChI=1S/C22H18ClFN4O2/c1-29-9-10-30-16-5-7-20-17(12-16)22(26-15-4-6-19(24)18(23)11-15)28-21(27-20)14-3-2-8-25-13-14/h2-8,11-13H,9-10H2,1H3,(H,26,27,28). The van der Waals surface area contributed by atoms with E-state index in [4.69, 9.17) is 21.1 Å². The van der Waals surface area contributed by atoms with Gasteiger partial charge >= 0.3 is 0 Å². The van der Waals surface area contributed by atoms with E-state index in [1.54, 1.807) is 25.6 Å². The van der Waals surface area contributed by atoms with Crippen molar-refractivity contribution in [1.82, 2.24) is 15.0 Å². The lowest BCUT2D eigenvalue weighted by Crippen LogP contribution is -2.05. The molecular formula is C22H18ClFN4O2. The summed E-state index contributed by atoms with van der Waals surface area (Å²) in [6, 6.07) is 13.7. The third-order valence-corrected chi connectivity index (χ3v) is 4.62. The molecule has 0 unspecified atom stereocenters. The summed E-state index contributed by atoms with van der Waals surface area (Å²) in [4.78, 5) is 13.5. The Bertz CT molecular complexity index is 1170. The fourth-order valence-electron chi connectivity index (χ4n) is 2.87. The molecule has 4 rings (SSSR count). The largest absolute Gasteiger partial charge is 0.491 e. The zero-order valence-electron chi connectivity index (χ0n) is 16.1. The van der Waals surface area contributed by atoms with E-state index in [0.717, 1.165) is 16.5 Å². The van der Waals surface area contributed by atoms with Crippen LogP contribution in [0.5, 0.6) is 5.75 Å². The number of benzene rings is 2. The third-order valence-electron chi connectivity index (χ3n) is 4.33. The summed E-state index contributed by atoms with van der Waals surface area (Å²) >= 11 is 5.93. The molecule has 4 aromatic rings. The molecule has 0 aliphatic heterocycles. The van der Waals surface area contributed by atoms with Crippen molar-refractivity contribution in [3.8, 4) is 17.1 Å². The Balaban J connectivity index is 1.79. The number of nitrogens with zero attached hydrogens (tertiary/aromatic N) is 3. The number of nitrogens with one attached hydrogen (secondary N) is 1. The van der Waals surface area contributed by atoms with Crippen LogP contribution < -0.4 is 10.1 Å². The minimum Gasteiger partial charge on any atom is -0.491 e. The van der Waals surface area contributed by atoms with E-state index in [2.05, 4.69) is 20.3 Å². The number of rotatable bonds is 7. The molecule has 0 atom stereocenters. The summed E-state index contributed by atoms with van der Waals surface area (Å²) in [6.45, 7) is 0.903. The molecule has 0 aliphatic carbocycles. The highest BCUT2D eigenvalue weighted by Crippen LogP contribution is 2.31. The van der Waals surface area contributed by atoms with Gasteiger partial charge in [0.1, 0.15) is 24.0 Å². The van der Waals surface area contributed by atoms with Crippen LogP contribution in [-0.4, -0.2) is 35.3 Å². The van der Waals surface area contributed by atoms with Gasteiger partial charge in [0.05, 0.1) is 17.1 Å². The molecule has 0 radical (unpaired) electrons. The van der Waals surface area contributed by atoms with Crippen molar-refractivity contribution >= 4 is 34.0 Å². The topological polar surface area (TPSA) is 69.2 Å². The average Bonchev–Trinajstić information content (AvgIpc) is 2.77. The van der Waals surface area contributed by atoms with Crippen molar-refractivity contribution in [1.29, 1.82) is 0 Å². The molecule has 0 aliphatic rings. The van der Waals surface area contributed by atoms with Crippen LogP contribution in [0.25, 0.3) is 22.3 Å². The smallest absolute Gasteiger partial charge is 0.163 e. The molecule has 0 spiro atoms. The Morgan fingerprint density at radius 3 is 2.73 bits per heavy atom. The van der Waals surface area contributed by atoms with Gasteiger partial charge in [0.2, 0.25) is 0 Å². The SMILES string of the molecule is COCCOc1ccc2nc(-c3cccnc3)nc(Nc3ccc(F)c(Cl)c3)c2c1. The Morgan fingerprint density at radius 1 is 1.07 bits per heavy atom. The van der Waals surface area contributed by atoms with Crippen LogP contribution in [0.15, 0.2) is 60.9 Å². The summed E-state index contributed by atoms with van der Waals surface area (Å²) < 4.78 is 24.3. The minimum atomic E-state index is -0.486. The highest BCUT2D eigenvalue weighted by Gasteiger charge is 2.12. The maximum atomic E-state index is 13.6. The molecule has 2 aromatic heterocycles. The first-order chi connectivity index (χ1) is 14.6. The van der Waals surface area contributed by atoms with Gasteiger partial charge in [-0.1, -0.05) is 11.6 Å².